The molecule has 180 valence electrons. The molecule has 0 saturated carbocycles. The van der Waals surface area contributed by atoms with Crippen molar-refractivity contribution in [2.45, 2.75) is 38.8 Å². The van der Waals surface area contributed by atoms with E-state index >= 15 is 0 Å². The first kappa shape index (κ1) is 26.5. The average Bonchev–Trinajstić information content (AvgIpc) is 3.45. The van der Waals surface area contributed by atoms with Crippen molar-refractivity contribution in [1.29, 1.82) is 5.26 Å². The zero-order valence-electron chi connectivity index (χ0n) is 19.3. The van der Waals surface area contributed by atoms with E-state index in [0.29, 0.717) is 0 Å². The lowest BCUT2D eigenvalue weighted by Crippen LogP contribution is -2.33. The Morgan fingerprint density at radius 1 is 1.15 bits per heavy atom. The van der Waals surface area contributed by atoms with Crippen molar-refractivity contribution >= 4 is 57.9 Å². The first-order valence-corrected chi connectivity index (χ1v) is 12.2. The molecule has 0 spiro atoms. The summed E-state index contributed by atoms with van der Waals surface area (Å²) in [6, 6.07) is 17.0. The van der Waals surface area contributed by atoms with Crippen molar-refractivity contribution in [1.82, 2.24) is 15.4 Å². The molecule has 5 nitrogen and oxygen atoms in total. The van der Waals surface area contributed by atoms with Gasteiger partial charge in [0.25, 0.3) is 0 Å². The molecule has 0 unspecified atom stereocenters. The lowest BCUT2D eigenvalue weighted by molar-refractivity contribution is 0.173. The van der Waals surface area contributed by atoms with Crippen LogP contribution in [0.4, 0.5) is 0 Å². The van der Waals surface area contributed by atoms with Gasteiger partial charge in [0.15, 0.2) is 5.58 Å². The zero-order valence-corrected chi connectivity index (χ0v) is 21.7. The Labute approximate surface area is 216 Å². The van der Waals surface area contributed by atoms with Crippen LogP contribution >= 0.6 is 36.2 Å². The van der Waals surface area contributed by atoms with Crippen molar-refractivity contribution in [3.8, 4) is 6.07 Å². The van der Waals surface area contributed by atoms with E-state index in [9.17, 15) is 0 Å². The van der Waals surface area contributed by atoms with Gasteiger partial charge in [0, 0.05) is 28.9 Å². The molecule has 0 bridgehead atoms. The third-order valence-corrected chi connectivity index (χ3v) is 7.64. The Bertz CT molecular complexity index is 1270. The van der Waals surface area contributed by atoms with E-state index < -0.39 is 0 Å². The van der Waals surface area contributed by atoms with Gasteiger partial charge in [0.1, 0.15) is 10.9 Å². The predicted molar refractivity (Wildman–Crippen MR) is 144 cm³/mol. The van der Waals surface area contributed by atoms with Crippen LogP contribution in [0.25, 0.3) is 21.7 Å². The number of nitrogens with one attached hydrogen (secondary N) is 1. The van der Waals surface area contributed by atoms with E-state index in [-0.39, 0.29) is 24.8 Å². The minimum atomic E-state index is 0. The normalized spacial score (nSPS) is 14.6. The van der Waals surface area contributed by atoms with Crippen LogP contribution < -0.4 is 5.32 Å². The van der Waals surface area contributed by atoms with E-state index in [2.05, 4.69) is 57.8 Å². The largest absolute Gasteiger partial charge is 0.356 e. The fourth-order valence-corrected chi connectivity index (χ4v) is 5.77. The molecule has 4 aromatic rings. The Morgan fingerprint density at radius 2 is 1.94 bits per heavy atom. The number of nitrogens with zero attached hydrogens (tertiary/aromatic N) is 3. The van der Waals surface area contributed by atoms with Crippen molar-refractivity contribution in [3.63, 3.8) is 0 Å². The molecule has 0 aliphatic carbocycles. The fourth-order valence-electron chi connectivity index (χ4n) is 4.92. The molecule has 1 aliphatic rings. The molecule has 8 heteroatoms. The van der Waals surface area contributed by atoms with Crippen LogP contribution in [-0.2, 0) is 19.5 Å². The highest BCUT2D eigenvalue weighted by molar-refractivity contribution is 7.12. The number of nitriles is 1. The first-order chi connectivity index (χ1) is 15.7. The summed E-state index contributed by atoms with van der Waals surface area (Å²) in [6.45, 7) is 3.99. The van der Waals surface area contributed by atoms with Gasteiger partial charge in [-0.25, -0.2) is 0 Å². The molecule has 2 aromatic carbocycles. The SMILES string of the molecule is CNCc1c2ccccc2cc2c(CCC3CCN(Cc4ccc(C#N)s4)CC3)noc12.Cl.Cl. The van der Waals surface area contributed by atoms with Crippen LogP contribution in [0.2, 0.25) is 0 Å². The van der Waals surface area contributed by atoms with E-state index in [1.807, 2.05) is 13.1 Å². The number of aryl methyl sites for hydroxylation is 1. The Kier molecular flexibility index (Phi) is 9.35. The van der Waals surface area contributed by atoms with Gasteiger partial charge in [0.05, 0.1) is 5.69 Å². The zero-order chi connectivity index (χ0) is 21.9. The van der Waals surface area contributed by atoms with Gasteiger partial charge < -0.3 is 9.84 Å². The molecular formula is C26H30Cl2N4OS. The van der Waals surface area contributed by atoms with Gasteiger partial charge in [-0.3, -0.25) is 4.90 Å². The second kappa shape index (κ2) is 12.0. The summed E-state index contributed by atoms with van der Waals surface area (Å²) in [5.41, 5.74) is 3.21. The molecular weight excluding hydrogens is 487 g/mol. The number of hydrogen-bond acceptors (Lipinski definition) is 6. The molecule has 2 aromatic heterocycles. The maximum absolute atomic E-state index is 9.02. The van der Waals surface area contributed by atoms with Crippen molar-refractivity contribution in [2.24, 2.45) is 5.92 Å². The highest BCUT2D eigenvalue weighted by Gasteiger charge is 2.21. The molecule has 5 rings (SSSR count). The Hall–Kier alpha value is -2.14. The van der Waals surface area contributed by atoms with E-state index in [0.717, 1.165) is 66.5 Å². The minimum absolute atomic E-state index is 0. The van der Waals surface area contributed by atoms with E-state index in [4.69, 9.17) is 9.78 Å². The molecule has 1 aliphatic heterocycles. The third kappa shape index (κ3) is 5.56. The highest BCUT2D eigenvalue weighted by atomic mass is 35.5. The monoisotopic (exact) mass is 516 g/mol. The number of hydrogen-bond donors (Lipinski definition) is 1. The summed E-state index contributed by atoms with van der Waals surface area (Å²) in [7, 11) is 1.97. The Balaban J connectivity index is 0.00000162. The number of benzene rings is 2. The number of halogens is 2. The molecule has 3 heterocycles. The van der Waals surface area contributed by atoms with Gasteiger partial charge in [-0.15, -0.1) is 36.2 Å². The first-order valence-electron chi connectivity index (χ1n) is 11.4. The molecule has 34 heavy (non-hydrogen) atoms. The van der Waals surface area contributed by atoms with Gasteiger partial charge in [-0.2, -0.15) is 5.26 Å². The van der Waals surface area contributed by atoms with Gasteiger partial charge in [0.2, 0.25) is 0 Å². The molecule has 1 saturated heterocycles. The van der Waals surface area contributed by atoms with Crippen LogP contribution in [-0.4, -0.2) is 30.2 Å². The van der Waals surface area contributed by atoms with Crippen LogP contribution in [0.5, 0.6) is 0 Å². The standard InChI is InChI=1S/C26H28N4OS.2ClH/c1-28-16-24-22-5-3-2-4-19(22)14-23-25(29-31-26(23)24)9-6-18-10-12-30(13-11-18)17-21-8-7-20(15-27)32-21;;/h2-5,7-8,14,18,28H,6,9-13,16-17H2,1H3;2*1H. The molecule has 1 N–H and O–H groups in total. The third-order valence-electron chi connectivity index (χ3n) is 6.66. The fraction of sp³-hybridized carbons (Fsp3) is 0.385. The smallest absolute Gasteiger partial charge is 0.172 e. The summed E-state index contributed by atoms with van der Waals surface area (Å²) < 4.78 is 5.86. The summed E-state index contributed by atoms with van der Waals surface area (Å²) in [5.74, 6) is 0.730. The van der Waals surface area contributed by atoms with Crippen LogP contribution in [0.15, 0.2) is 47.0 Å². The van der Waals surface area contributed by atoms with Crippen molar-refractivity contribution in [3.05, 3.63) is 63.5 Å². The topological polar surface area (TPSA) is 65.1 Å². The van der Waals surface area contributed by atoms with Crippen molar-refractivity contribution in [2.75, 3.05) is 20.1 Å². The van der Waals surface area contributed by atoms with Crippen LogP contribution in [0, 0.1) is 17.2 Å². The van der Waals surface area contributed by atoms with Gasteiger partial charge in [-0.1, -0.05) is 29.4 Å². The molecule has 0 radical (unpaired) electrons. The lowest BCUT2D eigenvalue weighted by Gasteiger charge is -2.31. The van der Waals surface area contributed by atoms with E-state index in [1.54, 1.807) is 11.3 Å². The quantitative estimate of drug-likeness (QED) is 0.311. The second-order valence-electron chi connectivity index (χ2n) is 8.75. The number of thiophene rings is 1. The minimum Gasteiger partial charge on any atom is -0.356 e. The number of aromatic nitrogens is 1. The number of likely N-dealkylation sites (tertiary alicyclic amines) is 1. The van der Waals surface area contributed by atoms with Gasteiger partial charge >= 0.3 is 0 Å². The van der Waals surface area contributed by atoms with Crippen LogP contribution in [0.3, 0.4) is 0 Å². The average molecular weight is 518 g/mol. The number of fused-ring (bicyclic) bond motifs is 2. The molecule has 1 fully saturated rings. The molecule has 0 amide bonds. The number of piperidine rings is 1. The summed E-state index contributed by atoms with van der Waals surface area (Å²) >= 11 is 1.62. The second-order valence-corrected chi connectivity index (χ2v) is 9.92. The maximum atomic E-state index is 9.02. The lowest BCUT2D eigenvalue weighted by atomic mass is 9.90. The van der Waals surface area contributed by atoms with Crippen LogP contribution in [0.1, 0.15) is 40.3 Å². The Morgan fingerprint density at radius 3 is 2.68 bits per heavy atom. The summed E-state index contributed by atoms with van der Waals surface area (Å²) in [5, 5.41) is 20.4. The van der Waals surface area contributed by atoms with E-state index in [1.165, 1.54) is 34.1 Å². The molecule has 0 atom stereocenters. The van der Waals surface area contributed by atoms with Crippen molar-refractivity contribution < 1.29 is 4.52 Å². The highest BCUT2D eigenvalue weighted by Crippen LogP contribution is 2.32. The predicted octanol–water partition coefficient (Wildman–Crippen LogP) is 6.32. The summed E-state index contributed by atoms with van der Waals surface area (Å²) in [6.07, 6.45) is 4.56. The summed E-state index contributed by atoms with van der Waals surface area (Å²) in [4.78, 5) is 4.62. The number of rotatable bonds is 7. The maximum Gasteiger partial charge on any atom is 0.172 e. The van der Waals surface area contributed by atoms with Gasteiger partial charge in [-0.05, 0) is 80.7 Å².